The third-order valence-electron chi connectivity index (χ3n) is 10.9. The molecular formula is C39H64N10NaO16-7. The van der Waals surface area contributed by atoms with Crippen molar-refractivity contribution in [3.05, 3.63) is 7.05 Å². The van der Waals surface area contributed by atoms with E-state index in [0.29, 0.717) is 0 Å². The zero-order chi connectivity index (χ0) is 48.5. The van der Waals surface area contributed by atoms with Gasteiger partial charge in [-0.15, -0.1) is 0 Å². The van der Waals surface area contributed by atoms with Crippen LogP contribution in [0.2, 0.25) is 0 Å². The summed E-state index contributed by atoms with van der Waals surface area (Å²) < 4.78 is 0. The Morgan fingerprint density at radius 3 is 0.848 bits per heavy atom. The van der Waals surface area contributed by atoms with E-state index in [-0.39, 0.29) is 174 Å². The third kappa shape index (κ3) is 29.5. The molecule has 66 heavy (non-hydrogen) atoms. The Bertz CT molecular complexity index is 1450. The van der Waals surface area contributed by atoms with Crippen molar-refractivity contribution in [2.24, 2.45) is 0 Å². The molecule has 0 bridgehead atoms. The molecular weight excluding hydrogens is 887 g/mol. The largest absolute Gasteiger partial charge is 1.00 e. The molecule has 2 fully saturated rings. The molecule has 27 heteroatoms. The van der Waals surface area contributed by atoms with Crippen LogP contribution < -0.4 is 65.3 Å². The minimum absolute atomic E-state index is 0. The molecule has 2 aliphatic rings. The fraction of sp³-hybridized carbons (Fsp3) is 0.795. The van der Waals surface area contributed by atoms with Crippen molar-refractivity contribution in [3.8, 4) is 0 Å². The van der Waals surface area contributed by atoms with Crippen LogP contribution in [0.4, 0.5) is 0 Å². The van der Waals surface area contributed by atoms with E-state index < -0.39 is 99.8 Å². The Kier molecular flexibility index (Phi) is 30.7. The maximum absolute atomic E-state index is 11.7. The molecule has 2 N–H and O–H groups in total. The predicted molar refractivity (Wildman–Crippen MR) is 212 cm³/mol. The summed E-state index contributed by atoms with van der Waals surface area (Å²) in [4.78, 5) is 96.3. The average molecular weight is 952 g/mol. The van der Waals surface area contributed by atoms with Gasteiger partial charge in [-0.3, -0.25) is 51.1 Å². The molecule has 2 aliphatic heterocycles. The standard InChI is InChI=1S/C39H71N10O16.Na/c1-40(20-31(50)21-41-4-8-43(24-33(52)53)12-16-47(28-37(60)61)17-13-44(9-5-41)25-34(54)55)2-3-49(30-39(64)65)23-32(51)22-42-6-10-45(26-35(56)57)14-18-48(29-38(62)63)19-15-46(11-7-42)27-36(58)59;/h31-32,50-51H,1-30H2,(H,52,53)(H,54,55)(H,56,57)(H,58,59)(H,60,61)(H,62,63)(H,64,65);/q-1;+1/p-7. The van der Waals surface area contributed by atoms with Gasteiger partial charge in [0.05, 0.1) is 54.0 Å². The molecule has 0 aromatic rings. The SMILES string of the molecule is [CH2-]N(CCN(CC(=O)[O-])CC(O)CN1CCN(CC(=O)[O-])CCN(CC(=O)[O-])CCN(CC(=O)[O-])CC1)CC(O)CN1CCN(CC(=O)[O-])CCN(CC(=O)[O-])CCN(CC(=O)[O-])CC1.[Na+]. The first-order valence-electron chi connectivity index (χ1n) is 21.5. The monoisotopic (exact) mass is 951 g/mol. The Hall–Kier alpha value is -3.19. The number of carboxylic acids is 7. The number of carbonyl (C=O) groups excluding carboxylic acids is 7. The zero-order valence-corrected chi connectivity index (χ0v) is 39.9. The van der Waals surface area contributed by atoms with Gasteiger partial charge in [-0.2, -0.15) is 0 Å². The number of carbonyl (C=O) groups is 7. The van der Waals surface area contributed by atoms with Crippen LogP contribution in [0.1, 0.15) is 0 Å². The quantitative estimate of drug-likeness (QED) is 0.0634. The van der Waals surface area contributed by atoms with E-state index in [9.17, 15) is 79.5 Å². The maximum Gasteiger partial charge on any atom is 1.00 e. The third-order valence-corrected chi connectivity index (χ3v) is 10.9. The zero-order valence-electron chi connectivity index (χ0n) is 37.9. The van der Waals surface area contributed by atoms with Gasteiger partial charge in [0.25, 0.3) is 0 Å². The van der Waals surface area contributed by atoms with Crippen molar-refractivity contribution < 1.29 is 109 Å². The molecule has 0 radical (unpaired) electrons. The number of hydrogen-bond donors (Lipinski definition) is 2. The Balaban J connectivity index is 0.0000218. The molecule has 2 rings (SSSR count). The van der Waals surface area contributed by atoms with E-state index >= 15 is 0 Å². The van der Waals surface area contributed by atoms with Gasteiger partial charge in [0.15, 0.2) is 0 Å². The van der Waals surface area contributed by atoms with Crippen LogP contribution in [-0.2, 0) is 33.6 Å². The molecule has 0 aromatic heterocycles. The summed E-state index contributed by atoms with van der Waals surface area (Å²) in [6.45, 7) is -0.532. The van der Waals surface area contributed by atoms with E-state index in [1.165, 1.54) is 19.6 Å². The van der Waals surface area contributed by atoms with Crippen molar-refractivity contribution >= 4 is 41.8 Å². The van der Waals surface area contributed by atoms with Crippen molar-refractivity contribution in [2.45, 2.75) is 12.2 Å². The molecule has 2 saturated heterocycles. The number of aliphatic hydroxyl groups excluding tert-OH is 2. The molecule has 2 heterocycles. The summed E-state index contributed by atoms with van der Waals surface area (Å²) in [6.07, 6.45) is -2.20. The fourth-order valence-corrected chi connectivity index (χ4v) is 7.67. The molecule has 0 amide bonds. The molecule has 0 spiro atoms. The van der Waals surface area contributed by atoms with Crippen LogP contribution in [0.15, 0.2) is 0 Å². The van der Waals surface area contributed by atoms with Crippen molar-refractivity contribution in [1.29, 1.82) is 0 Å². The van der Waals surface area contributed by atoms with Gasteiger partial charge in [-0.05, 0) is 13.1 Å². The van der Waals surface area contributed by atoms with E-state index in [1.807, 2.05) is 4.90 Å². The number of aliphatic hydroxyl groups is 2. The molecule has 374 valence electrons. The summed E-state index contributed by atoms with van der Waals surface area (Å²) in [7, 11) is 3.97. The number of nitrogens with zero attached hydrogens (tertiary/aromatic N) is 10. The maximum atomic E-state index is 11.7. The van der Waals surface area contributed by atoms with Crippen LogP contribution in [0.3, 0.4) is 0 Å². The number of β-amino-alcohol motifs (C(OH)–C–C–N with tert-alkyl or cyclic N) is 2. The van der Waals surface area contributed by atoms with Crippen LogP contribution >= 0.6 is 0 Å². The van der Waals surface area contributed by atoms with Crippen molar-refractivity contribution in [2.75, 3.05) is 190 Å². The second-order valence-electron chi connectivity index (χ2n) is 16.5. The average Bonchev–Trinajstić information content (AvgIpc) is 3.17. The number of hydrogen-bond acceptors (Lipinski definition) is 26. The number of carboxylic acid groups (broad SMARTS) is 7. The Morgan fingerprint density at radius 2 is 0.621 bits per heavy atom. The molecule has 26 nitrogen and oxygen atoms in total. The minimum atomic E-state index is -1.43. The summed E-state index contributed by atoms with van der Waals surface area (Å²) >= 11 is 0. The number of rotatable bonds is 25. The van der Waals surface area contributed by atoms with E-state index in [4.69, 9.17) is 0 Å². The van der Waals surface area contributed by atoms with Crippen molar-refractivity contribution in [3.63, 3.8) is 0 Å². The topological polar surface area (TPSA) is 354 Å². The summed E-state index contributed by atoms with van der Waals surface area (Å²) in [5.74, 6) is -9.51. The van der Waals surface area contributed by atoms with Gasteiger partial charge in [0.1, 0.15) is 0 Å². The van der Waals surface area contributed by atoms with E-state index in [1.54, 1.807) is 24.5 Å². The van der Waals surface area contributed by atoms with Crippen molar-refractivity contribution in [1.82, 2.24) is 49.0 Å². The first-order valence-corrected chi connectivity index (χ1v) is 21.5. The van der Waals surface area contributed by atoms with Crippen LogP contribution in [-0.4, -0.2) is 303 Å². The summed E-state index contributed by atoms with van der Waals surface area (Å²) in [5, 5.41) is 103. The van der Waals surface area contributed by atoms with Gasteiger partial charge in [0, 0.05) is 177 Å². The predicted octanol–water partition coefficient (Wildman–Crippen LogP) is -18.2. The normalized spacial score (nSPS) is 19.7. The van der Waals surface area contributed by atoms with Gasteiger partial charge >= 0.3 is 29.6 Å². The smallest absolute Gasteiger partial charge is 0.549 e. The molecule has 0 aliphatic carbocycles. The van der Waals surface area contributed by atoms with Gasteiger partial charge < -0.3 is 84.4 Å². The van der Waals surface area contributed by atoms with Gasteiger partial charge in [-0.1, -0.05) is 0 Å². The van der Waals surface area contributed by atoms with Crippen LogP contribution in [0.25, 0.3) is 0 Å². The first-order chi connectivity index (χ1) is 30.6. The second kappa shape index (κ2) is 33.3. The fourth-order valence-electron chi connectivity index (χ4n) is 7.67. The first kappa shape index (κ1) is 60.8. The van der Waals surface area contributed by atoms with Gasteiger partial charge in [0.2, 0.25) is 0 Å². The summed E-state index contributed by atoms with van der Waals surface area (Å²) in [5.41, 5.74) is 0. The Labute approximate surface area is 407 Å². The molecule has 0 saturated carbocycles. The number of aliphatic carboxylic acids is 7. The van der Waals surface area contributed by atoms with Crippen LogP contribution in [0.5, 0.6) is 0 Å². The van der Waals surface area contributed by atoms with Crippen LogP contribution in [0, 0.1) is 7.05 Å². The minimum Gasteiger partial charge on any atom is -0.549 e. The Morgan fingerprint density at radius 1 is 0.394 bits per heavy atom. The molecule has 2 unspecified atom stereocenters. The van der Waals surface area contributed by atoms with Gasteiger partial charge in [-0.25, -0.2) is 0 Å². The molecule has 0 aromatic carbocycles. The molecule has 2 atom stereocenters. The van der Waals surface area contributed by atoms with E-state index in [0.717, 1.165) is 0 Å². The van der Waals surface area contributed by atoms with E-state index in [2.05, 4.69) is 7.05 Å². The second-order valence-corrected chi connectivity index (χ2v) is 16.5. The summed E-state index contributed by atoms with van der Waals surface area (Å²) in [6, 6.07) is 0.